The number of para-hydroxylation sites is 1. The third-order valence-corrected chi connectivity index (χ3v) is 5.85. The number of hydrogen-bond acceptors (Lipinski definition) is 7. The van der Waals surface area contributed by atoms with Gasteiger partial charge in [0.05, 0.1) is 19.3 Å². The molecule has 1 aromatic carbocycles. The highest BCUT2D eigenvalue weighted by atomic mass is 16.5. The van der Waals surface area contributed by atoms with Crippen LogP contribution in [0.5, 0.6) is 5.75 Å². The first-order valence-corrected chi connectivity index (χ1v) is 10.7. The number of benzene rings is 1. The van der Waals surface area contributed by atoms with Crippen LogP contribution in [0.1, 0.15) is 18.4 Å². The second-order valence-electron chi connectivity index (χ2n) is 8.02. The van der Waals surface area contributed by atoms with Crippen molar-refractivity contribution in [2.45, 2.75) is 25.5 Å². The summed E-state index contributed by atoms with van der Waals surface area (Å²) in [4.78, 5) is 16.2. The molecule has 2 saturated heterocycles. The van der Waals surface area contributed by atoms with Crippen molar-refractivity contribution in [1.29, 1.82) is 0 Å². The normalized spacial score (nSPS) is 20.7. The third-order valence-electron chi connectivity index (χ3n) is 5.85. The van der Waals surface area contributed by atoms with Crippen LogP contribution in [0.2, 0.25) is 0 Å². The molecule has 3 aliphatic rings. The summed E-state index contributed by atoms with van der Waals surface area (Å²) in [5, 5.41) is 0. The molecule has 0 spiro atoms. The topological polar surface area (TPSA) is 54.0 Å². The van der Waals surface area contributed by atoms with Gasteiger partial charge in [-0.2, -0.15) is 0 Å². The fourth-order valence-electron chi connectivity index (χ4n) is 3.97. The van der Waals surface area contributed by atoms with Crippen LogP contribution in [0, 0.1) is 0 Å². The molecule has 2 aliphatic heterocycles. The van der Waals surface area contributed by atoms with E-state index in [1.165, 1.54) is 18.4 Å². The Balaban J connectivity index is 1.19. The molecular formula is C22H29N5O2. The minimum atomic E-state index is 0.437. The van der Waals surface area contributed by atoms with Crippen LogP contribution in [-0.2, 0) is 11.3 Å². The van der Waals surface area contributed by atoms with Gasteiger partial charge in [-0.3, -0.25) is 4.90 Å². The zero-order valence-corrected chi connectivity index (χ0v) is 16.9. The van der Waals surface area contributed by atoms with E-state index in [2.05, 4.69) is 55.0 Å². The van der Waals surface area contributed by atoms with E-state index in [0.717, 1.165) is 76.4 Å². The second kappa shape index (κ2) is 8.55. The van der Waals surface area contributed by atoms with Crippen LogP contribution in [0.4, 0.5) is 11.6 Å². The third kappa shape index (κ3) is 4.62. The molecule has 3 heterocycles. The molecule has 0 N–H and O–H groups in total. The lowest BCUT2D eigenvalue weighted by atomic mass is 10.1. The number of ether oxygens (including phenoxy) is 2. The lowest BCUT2D eigenvalue weighted by Gasteiger charge is -2.36. The Hall–Kier alpha value is -2.38. The first-order valence-electron chi connectivity index (χ1n) is 10.7. The molecule has 2 aromatic rings. The van der Waals surface area contributed by atoms with E-state index in [1.807, 2.05) is 0 Å². The van der Waals surface area contributed by atoms with Crippen molar-refractivity contribution in [3.8, 4) is 5.75 Å². The Morgan fingerprint density at radius 1 is 0.897 bits per heavy atom. The van der Waals surface area contributed by atoms with Crippen molar-refractivity contribution in [3.63, 3.8) is 0 Å². The molecule has 0 amide bonds. The molecule has 1 aromatic heterocycles. The summed E-state index contributed by atoms with van der Waals surface area (Å²) in [5.74, 6) is 3.09. The average molecular weight is 396 g/mol. The van der Waals surface area contributed by atoms with Crippen LogP contribution in [0.15, 0.2) is 36.7 Å². The molecule has 1 aliphatic carbocycles. The van der Waals surface area contributed by atoms with Gasteiger partial charge >= 0.3 is 0 Å². The zero-order valence-electron chi connectivity index (χ0n) is 16.9. The smallest absolute Gasteiger partial charge is 0.134 e. The van der Waals surface area contributed by atoms with Gasteiger partial charge in [0.25, 0.3) is 0 Å². The average Bonchev–Trinajstić information content (AvgIpc) is 3.61. The number of aromatic nitrogens is 2. The van der Waals surface area contributed by atoms with E-state index in [4.69, 9.17) is 9.47 Å². The van der Waals surface area contributed by atoms with Gasteiger partial charge in [-0.05, 0) is 18.9 Å². The molecular weight excluding hydrogens is 366 g/mol. The highest BCUT2D eigenvalue weighted by Gasteiger charge is 2.25. The van der Waals surface area contributed by atoms with Crippen molar-refractivity contribution >= 4 is 11.6 Å². The molecule has 0 bridgehead atoms. The van der Waals surface area contributed by atoms with E-state index in [9.17, 15) is 0 Å². The predicted molar refractivity (Wildman–Crippen MR) is 113 cm³/mol. The van der Waals surface area contributed by atoms with Gasteiger partial charge in [0.15, 0.2) is 0 Å². The number of morpholine rings is 1. The number of rotatable bonds is 6. The molecule has 7 heteroatoms. The van der Waals surface area contributed by atoms with E-state index in [-0.39, 0.29) is 0 Å². The van der Waals surface area contributed by atoms with Gasteiger partial charge in [0.1, 0.15) is 23.7 Å². The van der Waals surface area contributed by atoms with Crippen LogP contribution in [-0.4, -0.2) is 73.5 Å². The van der Waals surface area contributed by atoms with E-state index < -0.39 is 0 Å². The van der Waals surface area contributed by atoms with Gasteiger partial charge in [0, 0.05) is 57.4 Å². The molecule has 29 heavy (non-hydrogen) atoms. The summed E-state index contributed by atoms with van der Waals surface area (Å²) in [5.41, 5.74) is 1.30. The predicted octanol–water partition coefficient (Wildman–Crippen LogP) is 2.18. The Morgan fingerprint density at radius 3 is 2.31 bits per heavy atom. The summed E-state index contributed by atoms with van der Waals surface area (Å²) in [6.07, 6.45) is 4.51. The van der Waals surface area contributed by atoms with Crippen LogP contribution >= 0.6 is 0 Å². The summed E-state index contributed by atoms with van der Waals surface area (Å²) in [6.45, 7) is 8.27. The highest BCUT2D eigenvalue weighted by Crippen LogP contribution is 2.30. The van der Waals surface area contributed by atoms with Crippen LogP contribution < -0.4 is 14.5 Å². The molecule has 1 saturated carbocycles. The number of nitrogens with zero attached hydrogens (tertiary/aromatic N) is 5. The zero-order chi connectivity index (χ0) is 19.5. The van der Waals surface area contributed by atoms with Crippen molar-refractivity contribution in [3.05, 3.63) is 42.2 Å². The Labute approximate surface area is 172 Å². The van der Waals surface area contributed by atoms with E-state index in [0.29, 0.717) is 6.10 Å². The molecule has 3 fully saturated rings. The minimum absolute atomic E-state index is 0.437. The number of anilines is 2. The molecule has 5 rings (SSSR count). The first kappa shape index (κ1) is 18.6. The molecule has 0 atom stereocenters. The van der Waals surface area contributed by atoms with Gasteiger partial charge in [-0.1, -0.05) is 18.2 Å². The van der Waals surface area contributed by atoms with E-state index in [1.54, 1.807) is 6.33 Å². The maximum Gasteiger partial charge on any atom is 0.134 e. The van der Waals surface area contributed by atoms with Crippen molar-refractivity contribution in [1.82, 2.24) is 14.9 Å². The SMILES string of the molecule is c1ccc(OC2CC2)c(CN2CCN(c3cc(N4CCOCC4)ncn3)CC2)c1. The lowest BCUT2D eigenvalue weighted by Crippen LogP contribution is -2.46. The summed E-state index contributed by atoms with van der Waals surface area (Å²) < 4.78 is 11.5. The number of piperazine rings is 1. The fraction of sp³-hybridized carbons (Fsp3) is 0.545. The Bertz CT molecular complexity index is 814. The largest absolute Gasteiger partial charge is 0.490 e. The fourth-order valence-corrected chi connectivity index (χ4v) is 3.97. The van der Waals surface area contributed by atoms with Crippen molar-refractivity contribution in [2.24, 2.45) is 0 Å². The first-order chi connectivity index (χ1) is 14.3. The molecule has 154 valence electrons. The van der Waals surface area contributed by atoms with Gasteiger partial charge in [-0.15, -0.1) is 0 Å². The Morgan fingerprint density at radius 2 is 1.59 bits per heavy atom. The maximum absolute atomic E-state index is 6.09. The van der Waals surface area contributed by atoms with Gasteiger partial charge in [-0.25, -0.2) is 9.97 Å². The van der Waals surface area contributed by atoms with Crippen LogP contribution in [0.3, 0.4) is 0 Å². The van der Waals surface area contributed by atoms with Gasteiger partial charge < -0.3 is 19.3 Å². The van der Waals surface area contributed by atoms with Crippen molar-refractivity contribution in [2.75, 3.05) is 62.3 Å². The highest BCUT2D eigenvalue weighted by molar-refractivity contribution is 5.50. The summed E-state index contributed by atoms with van der Waals surface area (Å²) in [6, 6.07) is 10.6. The quantitative estimate of drug-likeness (QED) is 0.743. The summed E-state index contributed by atoms with van der Waals surface area (Å²) in [7, 11) is 0. The minimum Gasteiger partial charge on any atom is -0.490 e. The van der Waals surface area contributed by atoms with Crippen LogP contribution in [0.25, 0.3) is 0 Å². The number of hydrogen-bond donors (Lipinski definition) is 0. The molecule has 0 unspecified atom stereocenters. The van der Waals surface area contributed by atoms with Gasteiger partial charge in [0.2, 0.25) is 0 Å². The maximum atomic E-state index is 6.09. The monoisotopic (exact) mass is 395 g/mol. The standard InChI is InChI=1S/C22H29N5O2/c1-2-4-20(29-19-5-6-19)18(3-1)16-25-7-9-26(10-8-25)21-15-22(24-17-23-21)27-11-13-28-14-12-27/h1-4,15,17,19H,5-14,16H2. The molecule has 0 radical (unpaired) electrons. The lowest BCUT2D eigenvalue weighted by molar-refractivity contribution is 0.122. The van der Waals surface area contributed by atoms with Crippen molar-refractivity contribution < 1.29 is 9.47 Å². The summed E-state index contributed by atoms with van der Waals surface area (Å²) >= 11 is 0. The second-order valence-corrected chi connectivity index (χ2v) is 8.02. The van der Waals surface area contributed by atoms with E-state index >= 15 is 0 Å². The Kier molecular flexibility index (Phi) is 5.49. The molecule has 7 nitrogen and oxygen atoms in total.